The number of carboxylic acids is 1. The van der Waals surface area contributed by atoms with Gasteiger partial charge < -0.3 is 14.9 Å². The molecular formula is C12H11NO4. The van der Waals surface area contributed by atoms with Crippen molar-refractivity contribution in [2.24, 2.45) is 0 Å². The van der Waals surface area contributed by atoms with Crippen molar-refractivity contribution in [2.75, 3.05) is 13.2 Å². The lowest BCUT2D eigenvalue weighted by atomic mass is 9.92. The number of carbonyl (C=O) groups is 1. The standard InChI is InChI=1S/C12H11NO4/c1-2-5-13-12(11(15)16)7-17-10-6-8(14)3-4-9(10)12/h1,3-4,6,13-14H,5,7H2,(H,15,16). The third kappa shape index (κ3) is 1.69. The second-order valence-electron chi connectivity index (χ2n) is 3.74. The Morgan fingerprint density at radius 2 is 2.41 bits per heavy atom. The third-order valence-electron chi connectivity index (χ3n) is 2.73. The summed E-state index contributed by atoms with van der Waals surface area (Å²) in [7, 11) is 0. The minimum Gasteiger partial charge on any atom is -0.508 e. The highest BCUT2D eigenvalue weighted by atomic mass is 16.5. The molecule has 1 aliphatic rings. The summed E-state index contributed by atoms with van der Waals surface area (Å²) in [6.07, 6.45) is 5.12. The van der Waals surface area contributed by atoms with Gasteiger partial charge in [-0.1, -0.05) is 5.92 Å². The van der Waals surface area contributed by atoms with Gasteiger partial charge in [0.15, 0.2) is 5.54 Å². The molecule has 1 aromatic rings. The Hall–Kier alpha value is -2.19. The summed E-state index contributed by atoms with van der Waals surface area (Å²) in [6, 6.07) is 4.33. The molecule has 0 bridgehead atoms. The van der Waals surface area contributed by atoms with Gasteiger partial charge in [-0.25, -0.2) is 4.79 Å². The van der Waals surface area contributed by atoms with Gasteiger partial charge in [0.1, 0.15) is 18.1 Å². The lowest BCUT2D eigenvalue weighted by Crippen LogP contribution is -2.50. The molecule has 0 radical (unpaired) electrons. The summed E-state index contributed by atoms with van der Waals surface area (Å²) in [5.41, 5.74) is -0.867. The molecule has 0 amide bonds. The molecule has 1 unspecified atom stereocenters. The molecule has 0 fully saturated rings. The van der Waals surface area contributed by atoms with Gasteiger partial charge in [0, 0.05) is 11.6 Å². The lowest BCUT2D eigenvalue weighted by molar-refractivity contribution is -0.145. The quantitative estimate of drug-likeness (QED) is 0.654. The Kier molecular flexibility index (Phi) is 2.66. The molecule has 5 heteroatoms. The van der Waals surface area contributed by atoms with Crippen LogP contribution < -0.4 is 10.1 Å². The topological polar surface area (TPSA) is 78.8 Å². The lowest BCUT2D eigenvalue weighted by Gasteiger charge is -2.23. The molecule has 1 aromatic carbocycles. The first kappa shape index (κ1) is 11.3. The number of rotatable bonds is 3. The Labute approximate surface area is 98.0 Å². The Balaban J connectivity index is 2.46. The van der Waals surface area contributed by atoms with Crippen LogP contribution in [0.4, 0.5) is 0 Å². The van der Waals surface area contributed by atoms with Crippen LogP contribution in [0, 0.1) is 12.3 Å². The number of aliphatic carboxylic acids is 1. The highest BCUT2D eigenvalue weighted by Crippen LogP contribution is 2.39. The number of fused-ring (bicyclic) bond motifs is 1. The third-order valence-corrected chi connectivity index (χ3v) is 2.73. The van der Waals surface area contributed by atoms with Gasteiger partial charge in [0.25, 0.3) is 0 Å². The summed E-state index contributed by atoms with van der Waals surface area (Å²) < 4.78 is 5.28. The number of benzene rings is 1. The fourth-order valence-corrected chi connectivity index (χ4v) is 1.85. The zero-order valence-corrected chi connectivity index (χ0v) is 8.93. The Morgan fingerprint density at radius 3 is 3.06 bits per heavy atom. The minimum absolute atomic E-state index is 0.0295. The Morgan fingerprint density at radius 1 is 1.65 bits per heavy atom. The predicted octanol–water partition coefficient (Wildman–Crippen LogP) is 0.287. The normalized spacial score (nSPS) is 21.4. The highest BCUT2D eigenvalue weighted by Gasteiger charge is 2.47. The second-order valence-corrected chi connectivity index (χ2v) is 3.74. The average molecular weight is 233 g/mol. The van der Waals surface area contributed by atoms with Crippen LogP contribution in [0.2, 0.25) is 0 Å². The molecule has 1 heterocycles. The Bertz CT molecular complexity index is 506. The molecule has 0 aromatic heterocycles. The largest absolute Gasteiger partial charge is 0.508 e. The van der Waals surface area contributed by atoms with Crippen molar-refractivity contribution in [3.63, 3.8) is 0 Å². The van der Waals surface area contributed by atoms with Gasteiger partial charge in [-0.3, -0.25) is 5.32 Å². The maximum absolute atomic E-state index is 11.4. The zero-order valence-electron chi connectivity index (χ0n) is 8.93. The van der Waals surface area contributed by atoms with E-state index in [4.69, 9.17) is 11.2 Å². The summed E-state index contributed by atoms with van der Waals surface area (Å²) in [4.78, 5) is 11.4. The van der Waals surface area contributed by atoms with Gasteiger partial charge in [-0.15, -0.1) is 6.42 Å². The molecule has 5 nitrogen and oxygen atoms in total. The van der Waals surface area contributed by atoms with Crippen molar-refractivity contribution in [2.45, 2.75) is 5.54 Å². The fraction of sp³-hybridized carbons (Fsp3) is 0.250. The molecule has 3 N–H and O–H groups in total. The number of hydrogen-bond acceptors (Lipinski definition) is 4. The number of hydrogen-bond donors (Lipinski definition) is 3. The van der Waals surface area contributed by atoms with Gasteiger partial charge in [0.05, 0.1) is 6.54 Å². The number of carboxylic acid groups (broad SMARTS) is 1. The molecule has 1 atom stereocenters. The van der Waals surface area contributed by atoms with Crippen molar-refractivity contribution in [1.29, 1.82) is 0 Å². The molecule has 0 saturated carbocycles. The van der Waals surface area contributed by atoms with Crippen LogP contribution >= 0.6 is 0 Å². The predicted molar refractivity (Wildman–Crippen MR) is 59.8 cm³/mol. The second kappa shape index (κ2) is 4.00. The molecule has 1 aliphatic heterocycles. The smallest absolute Gasteiger partial charge is 0.332 e. The number of nitrogens with one attached hydrogen (secondary N) is 1. The summed E-state index contributed by atoms with van der Waals surface area (Å²) in [6.45, 7) is 0.0682. The monoisotopic (exact) mass is 233 g/mol. The van der Waals surface area contributed by atoms with E-state index in [1.807, 2.05) is 0 Å². The van der Waals surface area contributed by atoms with E-state index >= 15 is 0 Å². The van der Waals surface area contributed by atoms with Crippen molar-refractivity contribution in [1.82, 2.24) is 5.32 Å². The average Bonchev–Trinajstić information content (AvgIpc) is 2.65. The molecule has 0 saturated heterocycles. The van der Waals surface area contributed by atoms with Gasteiger partial charge in [-0.05, 0) is 12.1 Å². The van der Waals surface area contributed by atoms with E-state index in [2.05, 4.69) is 11.2 Å². The number of terminal acetylenes is 1. The van der Waals surface area contributed by atoms with Crippen molar-refractivity contribution < 1.29 is 19.7 Å². The van der Waals surface area contributed by atoms with E-state index in [9.17, 15) is 15.0 Å². The SMILES string of the molecule is C#CCNC1(C(=O)O)COc2cc(O)ccc21. The van der Waals surface area contributed by atoms with Crippen LogP contribution in [0.5, 0.6) is 11.5 Å². The van der Waals surface area contributed by atoms with Crippen LogP contribution in [0.15, 0.2) is 18.2 Å². The zero-order chi connectivity index (χ0) is 12.5. The molecule has 0 aliphatic carbocycles. The molecular weight excluding hydrogens is 222 g/mol. The van der Waals surface area contributed by atoms with Crippen molar-refractivity contribution in [3.8, 4) is 23.8 Å². The molecule has 88 valence electrons. The van der Waals surface area contributed by atoms with E-state index in [0.29, 0.717) is 11.3 Å². The van der Waals surface area contributed by atoms with Gasteiger partial charge in [0.2, 0.25) is 0 Å². The van der Waals surface area contributed by atoms with Crippen molar-refractivity contribution in [3.05, 3.63) is 23.8 Å². The van der Waals surface area contributed by atoms with Crippen molar-refractivity contribution >= 4 is 5.97 Å². The highest BCUT2D eigenvalue weighted by molar-refractivity contribution is 5.83. The van der Waals surface area contributed by atoms with E-state index in [0.717, 1.165) is 0 Å². The molecule has 2 rings (SSSR count). The van der Waals surface area contributed by atoms with Gasteiger partial charge in [-0.2, -0.15) is 0 Å². The van der Waals surface area contributed by atoms with E-state index in [-0.39, 0.29) is 18.9 Å². The van der Waals surface area contributed by atoms with Gasteiger partial charge >= 0.3 is 5.97 Å². The number of aromatic hydroxyl groups is 1. The summed E-state index contributed by atoms with van der Waals surface area (Å²) >= 11 is 0. The van der Waals surface area contributed by atoms with E-state index in [1.54, 1.807) is 0 Å². The number of ether oxygens (including phenoxy) is 1. The molecule has 0 spiro atoms. The van der Waals surface area contributed by atoms with Crippen LogP contribution in [-0.2, 0) is 10.3 Å². The maximum atomic E-state index is 11.4. The maximum Gasteiger partial charge on any atom is 0.332 e. The summed E-state index contributed by atoms with van der Waals surface area (Å²) in [5, 5.41) is 21.4. The van der Waals surface area contributed by atoms with Crippen LogP contribution in [0.25, 0.3) is 0 Å². The minimum atomic E-state index is -1.34. The van der Waals surface area contributed by atoms with Crippen LogP contribution in [0.1, 0.15) is 5.56 Å². The van der Waals surface area contributed by atoms with Crippen LogP contribution in [0.3, 0.4) is 0 Å². The van der Waals surface area contributed by atoms with Crippen LogP contribution in [-0.4, -0.2) is 29.3 Å². The number of phenols is 1. The first-order chi connectivity index (χ1) is 8.10. The van der Waals surface area contributed by atoms with E-state index < -0.39 is 11.5 Å². The molecule has 17 heavy (non-hydrogen) atoms. The first-order valence-electron chi connectivity index (χ1n) is 4.98. The first-order valence-corrected chi connectivity index (χ1v) is 4.98. The number of phenolic OH excluding ortho intramolecular Hbond substituents is 1. The van der Waals surface area contributed by atoms with E-state index in [1.165, 1.54) is 18.2 Å². The fourth-order valence-electron chi connectivity index (χ4n) is 1.85. The summed E-state index contributed by atoms with van der Waals surface area (Å²) in [5.74, 6) is 1.67.